The van der Waals surface area contributed by atoms with Crippen LogP contribution in [-0.2, 0) is 17.8 Å². The maximum Gasteiger partial charge on any atom is 0.263 e. The molecular weight excluding hydrogens is 294 g/mol. The summed E-state index contributed by atoms with van der Waals surface area (Å²) in [5.41, 5.74) is 2.72. The number of carbonyl (C=O) groups excluding carboxylic acids is 2. The Morgan fingerprint density at radius 3 is 3.00 bits per heavy atom. The van der Waals surface area contributed by atoms with E-state index in [1.54, 1.807) is 42.3 Å². The second kappa shape index (κ2) is 6.24. The number of ketones is 1. The van der Waals surface area contributed by atoms with Crippen molar-refractivity contribution in [3.8, 4) is 5.75 Å². The Bertz CT molecular complexity index is 738. The molecule has 1 amide bonds. The Kier molecular flexibility index (Phi) is 4.14. The van der Waals surface area contributed by atoms with Gasteiger partial charge in [0.25, 0.3) is 5.91 Å². The number of rotatable bonds is 4. The third-order valence-corrected chi connectivity index (χ3v) is 4.01. The smallest absolute Gasteiger partial charge is 0.263 e. The number of carbonyl (C=O) groups is 2. The summed E-state index contributed by atoms with van der Waals surface area (Å²) < 4.78 is 5.72. The molecular formula is C17H19N3O3. The second-order valence-corrected chi connectivity index (χ2v) is 5.73. The quantitative estimate of drug-likeness (QED) is 0.876. The van der Waals surface area contributed by atoms with Crippen LogP contribution in [0.3, 0.4) is 0 Å². The minimum Gasteiger partial charge on any atom is -0.481 e. The van der Waals surface area contributed by atoms with E-state index in [0.29, 0.717) is 24.4 Å². The standard InChI is InChI=1S/C17H19N3O3/c1-11(21)13-4-3-5-15(8-13)23-12(2)17(22)20-7-6-16-14(10-20)9-18-19-16/h3-5,8-9,12H,6-7,10H2,1-2H3,(H,18,19). The summed E-state index contributed by atoms with van der Waals surface area (Å²) in [7, 11) is 0. The first-order chi connectivity index (χ1) is 11.0. The average Bonchev–Trinajstić information content (AvgIpc) is 3.01. The van der Waals surface area contributed by atoms with Gasteiger partial charge in [-0.05, 0) is 26.0 Å². The van der Waals surface area contributed by atoms with Crippen LogP contribution in [0.2, 0.25) is 0 Å². The molecule has 1 atom stereocenters. The van der Waals surface area contributed by atoms with E-state index in [0.717, 1.165) is 17.7 Å². The number of Topliss-reactive ketones (excluding diaryl/α,β-unsaturated/α-hetero) is 1. The van der Waals surface area contributed by atoms with Crippen molar-refractivity contribution in [1.82, 2.24) is 15.1 Å². The van der Waals surface area contributed by atoms with Crippen LogP contribution in [0.15, 0.2) is 30.5 Å². The van der Waals surface area contributed by atoms with Crippen molar-refractivity contribution in [2.75, 3.05) is 6.54 Å². The van der Waals surface area contributed by atoms with Gasteiger partial charge in [-0.25, -0.2) is 0 Å². The summed E-state index contributed by atoms with van der Waals surface area (Å²) in [6.45, 7) is 4.43. The topological polar surface area (TPSA) is 75.3 Å². The lowest BCUT2D eigenvalue weighted by atomic mass is 10.1. The molecule has 0 aliphatic carbocycles. The van der Waals surface area contributed by atoms with Crippen LogP contribution >= 0.6 is 0 Å². The lowest BCUT2D eigenvalue weighted by Crippen LogP contribution is -2.43. The molecule has 0 saturated carbocycles. The van der Waals surface area contributed by atoms with E-state index in [-0.39, 0.29) is 11.7 Å². The molecule has 3 rings (SSSR count). The first kappa shape index (κ1) is 15.3. The average molecular weight is 313 g/mol. The van der Waals surface area contributed by atoms with E-state index in [1.807, 2.05) is 0 Å². The predicted octanol–water partition coefficient (Wildman–Crippen LogP) is 1.96. The van der Waals surface area contributed by atoms with Gasteiger partial charge in [0, 0.05) is 36.3 Å². The summed E-state index contributed by atoms with van der Waals surface area (Å²) in [5, 5.41) is 6.96. The van der Waals surface area contributed by atoms with E-state index >= 15 is 0 Å². The molecule has 1 N–H and O–H groups in total. The lowest BCUT2D eigenvalue weighted by Gasteiger charge is -2.29. The summed E-state index contributed by atoms with van der Waals surface area (Å²) in [5.74, 6) is 0.433. The van der Waals surface area contributed by atoms with E-state index in [1.165, 1.54) is 6.92 Å². The summed E-state index contributed by atoms with van der Waals surface area (Å²) in [6, 6.07) is 6.89. The number of amides is 1. The summed E-state index contributed by atoms with van der Waals surface area (Å²) in [6.07, 6.45) is 1.93. The fourth-order valence-corrected chi connectivity index (χ4v) is 2.71. The molecule has 0 radical (unpaired) electrons. The number of hydrogen-bond donors (Lipinski definition) is 1. The Hall–Kier alpha value is -2.63. The van der Waals surface area contributed by atoms with E-state index in [2.05, 4.69) is 10.2 Å². The zero-order valence-corrected chi connectivity index (χ0v) is 13.2. The molecule has 0 bridgehead atoms. The summed E-state index contributed by atoms with van der Waals surface area (Å²) >= 11 is 0. The van der Waals surface area contributed by atoms with Gasteiger partial charge in [-0.3, -0.25) is 14.7 Å². The van der Waals surface area contributed by atoms with Gasteiger partial charge in [-0.1, -0.05) is 12.1 Å². The number of aromatic nitrogens is 2. The number of nitrogens with zero attached hydrogens (tertiary/aromatic N) is 2. The first-order valence-electron chi connectivity index (χ1n) is 7.62. The van der Waals surface area contributed by atoms with Gasteiger partial charge in [0.05, 0.1) is 6.20 Å². The Balaban J connectivity index is 1.66. The number of H-pyrrole nitrogens is 1. The number of fused-ring (bicyclic) bond motifs is 1. The number of aromatic amines is 1. The molecule has 1 unspecified atom stereocenters. The van der Waals surface area contributed by atoms with Crippen molar-refractivity contribution in [1.29, 1.82) is 0 Å². The van der Waals surface area contributed by atoms with Crippen LogP contribution in [0.4, 0.5) is 0 Å². The molecule has 0 spiro atoms. The molecule has 2 heterocycles. The third kappa shape index (κ3) is 3.26. The van der Waals surface area contributed by atoms with E-state index < -0.39 is 6.10 Å². The van der Waals surface area contributed by atoms with Gasteiger partial charge in [0.1, 0.15) is 5.75 Å². The minimum absolute atomic E-state index is 0.0297. The minimum atomic E-state index is -0.606. The first-order valence-corrected chi connectivity index (χ1v) is 7.62. The molecule has 2 aromatic rings. The van der Waals surface area contributed by atoms with Crippen molar-refractivity contribution in [2.45, 2.75) is 32.9 Å². The maximum absolute atomic E-state index is 12.6. The molecule has 0 saturated heterocycles. The number of hydrogen-bond acceptors (Lipinski definition) is 4. The second-order valence-electron chi connectivity index (χ2n) is 5.73. The fraction of sp³-hybridized carbons (Fsp3) is 0.353. The Labute approximate surface area is 134 Å². The number of nitrogens with one attached hydrogen (secondary N) is 1. The highest BCUT2D eigenvalue weighted by molar-refractivity contribution is 5.94. The molecule has 0 fully saturated rings. The summed E-state index contributed by atoms with van der Waals surface area (Å²) in [4.78, 5) is 25.7. The van der Waals surface area contributed by atoms with Gasteiger partial charge in [0.15, 0.2) is 11.9 Å². The highest BCUT2D eigenvalue weighted by Crippen LogP contribution is 2.19. The van der Waals surface area contributed by atoms with Gasteiger partial charge < -0.3 is 9.64 Å². The van der Waals surface area contributed by atoms with Crippen LogP contribution in [0.1, 0.15) is 35.5 Å². The molecule has 120 valence electrons. The largest absolute Gasteiger partial charge is 0.481 e. The zero-order chi connectivity index (χ0) is 16.4. The van der Waals surface area contributed by atoms with Gasteiger partial charge in [-0.2, -0.15) is 5.10 Å². The van der Waals surface area contributed by atoms with Crippen molar-refractivity contribution >= 4 is 11.7 Å². The van der Waals surface area contributed by atoms with Crippen LogP contribution < -0.4 is 4.74 Å². The normalized spacial score (nSPS) is 15.0. The van der Waals surface area contributed by atoms with Crippen LogP contribution in [0.25, 0.3) is 0 Å². The van der Waals surface area contributed by atoms with E-state index in [4.69, 9.17) is 4.74 Å². The van der Waals surface area contributed by atoms with Gasteiger partial charge >= 0.3 is 0 Å². The zero-order valence-electron chi connectivity index (χ0n) is 13.2. The molecule has 6 nitrogen and oxygen atoms in total. The van der Waals surface area contributed by atoms with Crippen LogP contribution in [0.5, 0.6) is 5.75 Å². The monoisotopic (exact) mass is 313 g/mol. The van der Waals surface area contributed by atoms with Crippen LogP contribution in [-0.4, -0.2) is 39.4 Å². The molecule has 1 aromatic heterocycles. The Morgan fingerprint density at radius 1 is 1.39 bits per heavy atom. The predicted molar refractivity (Wildman–Crippen MR) is 84.2 cm³/mol. The molecule has 1 aliphatic rings. The van der Waals surface area contributed by atoms with Crippen molar-refractivity contribution < 1.29 is 14.3 Å². The van der Waals surface area contributed by atoms with Crippen molar-refractivity contribution in [2.24, 2.45) is 0 Å². The SMILES string of the molecule is CC(=O)c1cccc(OC(C)C(=O)N2CCc3[nH]ncc3C2)c1. The highest BCUT2D eigenvalue weighted by atomic mass is 16.5. The number of ether oxygens (including phenoxy) is 1. The highest BCUT2D eigenvalue weighted by Gasteiger charge is 2.26. The third-order valence-electron chi connectivity index (χ3n) is 4.01. The van der Waals surface area contributed by atoms with Crippen molar-refractivity contribution in [3.63, 3.8) is 0 Å². The molecule has 6 heteroatoms. The van der Waals surface area contributed by atoms with Gasteiger partial charge in [0.2, 0.25) is 0 Å². The Morgan fingerprint density at radius 2 is 2.22 bits per heavy atom. The maximum atomic E-state index is 12.6. The molecule has 1 aromatic carbocycles. The van der Waals surface area contributed by atoms with Gasteiger partial charge in [-0.15, -0.1) is 0 Å². The molecule has 1 aliphatic heterocycles. The van der Waals surface area contributed by atoms with Crippen molar-refractivity contribution in [3.05, 3.63) is 47.3 Å². The number of benzene rings is 1. The van der Waals surface area contributed by atoms with E-state index in [9.17, 15) is 9.59 Å². The molecule has 23 heavy (non-hydrogen) atoms. The van der Waals surface area contributed by atoms with Crippen LogP contribution in [0, 0.1) is 0 Å². The fourth-order valence-electron chi connectivity index (χ4n) is 2.71. The lowest BCUT2D eigenvalue weighted by molar-refractivity contribution is -0.138.